The van der Waals surface area contributed by atoms with Gasteiger partial charge in [0.15, 0.2) is 11.5 Å². The smallest absolute Gasteiger partial charge is 0.169 e. The molecule has 2 aromatic heterocycles. The fraction of sp³-hybridized carbons (Fsp3) is 0.429. The second-order valence-electron chi connectivity index (χ2n) is 5.10. The molecule has 1 N–H and O–H groups in total. The third-order valence-electron chi connectivity index (χ3n) is 3.84. The van der Waals surface area contributed by atoms with Gasteiger partial charge >= 0.3 is 0 Å². The van der Waals surface area contributed by atoms with Crippen LogP contribution in [0.15, 0.2) is 24.4 Å². The van der Waals surface area contributed by atoms with Crippen LogP contribution < -0.4 is 4.90 Å². The standard InChI is InChI=1S/C14H16N4O/c1-10-5-7-17(9-12(10)19)14-11(8-15)18-6-3-2-4-13(18)16-14/h2-4,6,10,12,19H,5,7,9H2,1H3. The Bertz CT molecular complexity index is 642. The summed E-state index contributed by atoms with van der Waals surface area (Å²) in [6.45, 7) is 3.42. The maximum absolute atomic E-state index is 9.99. The quantitative estimate of drug-likeness (QED) is 0.838. The second-order valence-corrected chi connectivity index (χ2v) is 5.10. The molecule has 5 heteroatoms. The largest absolute Gasteiger partial charge is 0.391 e. The number of hydrogen-bond acceptors (Lipinski definition) is 4. The van der Waals surface area contributed by atoms with Gasteiger partial charge in [0.1, 0.15) is 11.7 Å². The Morgan fingerprint density at radius 1 is 1.47 bits per heavy atom. The Kier molecular flexibility index (Phi) is 2.88. The third-order valence-corrected chi connectivity index (χ3v) is 3.84. The van der Waals surface area contributed by atoms with Crippen molar-refractivity contribution in [1.82, 2.24) is 9.38 Å². The lowest BCUT2D eigenvalue weighted by Crippen LogP contribution is -2.43. The molecule has 0 bridgehead atoms. The molecule has 2 aromatic rings. The van der Waals surface area contributed by atoms with Crippen molar-refractivity contribution >= 4 is 11.5 Å². The van der Waals surface area contributed by atoms with Crippen LogP contribution in [0.5, 0.6) is 0 Å². The van der Waals surface area contributed by atoms with E-state index in [1.807, 2.05) is 29.3 Å². The molecular weight excluding hydrogens is 240 g/mol. The van der Waals surface area contributed by atoms with Crippen LogP contribution in [0.4, 0.5) is 5.82 Å². The van der Waals surface area contributed by atoms with E-state index in [0.717, 1.165) is 18.6 Å². The van der Waals surface area contributed by atoms with Gasteiger partial charge in [-0.15, -0.1) is 0 Å². The Morgan fingerprint density at radius 2 is 2.32 bits per heavy atom. The Labute approximate surface area is 111 Å². The van der Waals surface area contributed by atoms with Gasteiger partial charge in [0.05, 0.1) is 6.10 Å². The first-order valence-corrected chi connectivity index (χ1v) is 6.51. The molecule has 0 aromatic carbocycles. The zero-order valence-electron chi connectivity index (χ0n) is 10.8. The molecule has 0 saturated carbocycles. The number of aliphatic hydroxyl groups excluding tert-OH is 1. The number of rotatable bonds is 1. The van der Waals surface area contributed by atoms with Gasteiger partial charge < -0.3 is 10.0 Å². The van der Waals surface area contributed by atoms with Gasteiger partial charge in [-0.2, -0.15) is 5.26 Å². The van der Waals surface area contributed by atoms with E-state index in [9.17, 15) is 10.4 Å². The zero-order chi connectivity index (χ0) is 13.4. The SMILES string of the molecule is CC1CCN(c2nc3ccccn3c2C#N)CC1O. The summed E-state index contributed by atoms with van der Waals surface area (Å²) in [6.07, 6.45) is 2.40. The summed E-state index contributed by atoms with van der Waals surface area (Å²) < 4.78 is 1.79. The van der Waals surface area contributed by atoms with Crippen molar-refractivity contribution in [2.24, 2.45) is 5.92 Å². The van der Waals surface area contributed by atoms with E-state index in [1.54, 1.807) is 4.40 Å². The number of fused-ring (bicyclic) bond motifs is 1. The molecule has 3 heterocycles. The molecule has 1 aliphatic rings. The van der Waals surface area contributed by atoms with E-state index >= 15 is 0 Å². The van der Waals surface area contributed by atoms with E-state index < -0.39 is 0 Å². The van der Waals surface area contributed by atoms with E-state index in [0.29, 0.717) is 24.0 Å². The predicted molar refractivity (Wildman–Crippen MR) is 71.9 cm³/mol. The highest BCUT2D eigenvalue weighted by Crippen LogP contribution is 2.26. The van der Waals surface area contributed by atoms with Gasteiger partial charge in [-0.05, 0) is 24.5 Å². The van der Waals surface area contributed by atoms with Crippen molar-refractivity contribution in [2.75, 3.05) is 18.0 Å². The normalized spacial score (nSPS) is 23.5. The van der Waals surface area contributed by atoms with Gasteiger partial charge in [-0.1, -0.05) is 13.0 Å². The highest BCUT2D eigenvalue weighted by molar-refractivity contribution is 5.60. The fourth-order valence-electron chi connectivity index (χ4n) is 2.55. The molecule has 3 rings (SSSR count). The molecule has 1 saturated heterocycles. The Morgan fingerprint density at radius 3 is 3.05 bits per heavy atom. The minimum Gasteiger partial charge on any atom is -0.391 e. The van der Waals surface area contributed by atoms with Crippen LogP contribution in [-0.2, 0) is 0 Å². The van der Waals surface area contributed by atoms with E-state index in [4.69, 9.17) is 0 Å². The minimum absolute atomic E-state index is 0.304. The van der Waals surface area contributed by atoms with E-state index in [2.05, 4.69) is 18.0 Å². The van der Waals surface area contributed by atoms with Gasteiger partial charge in [0, 0.05) is 19.3 Å². The molecule has 19 heavy (non-hydrogen) atoms. The highest BCUT2D eigenvalue weighted by Gasteiger charge is 2.27. The number of anilines is 1. The van der Waals surface area contributed by atoms with Gasteiger partial charge in [-0.3, -0.25) is 4.40 Å². The van der Waals surface area contributed by atoms with Crippen molar-refractivity contribution in [3.05, 3.63) is 30.1 Å². The van der Waals surface area contributed by atoms with Gasteiger partial charge in [-0.25, -0.2) is 4.98 Å². The predicted octanol–water partition coefficient (Wildman–Crippen LogP) is 1.41. The molecule has 5 nitrogen and oxygen atoms in total. The van der Waals surface area contributed by atoms with Gasteiger partial charge in [0.2, 0.25) is 0 Å². The van der Waals surface area contributed by atoms with Crippen molar-refractivity contribution in [3.63, 3.8) is 0 Å². The summed E-state index contributed by atoms with van der Waals surface area (Å²) in [5, 5.41) is 19.3. The zero-order valence-corrected chi connectivity index (χ0v) is 10.8. The van der Waals surface area contributed by atoms with Crippen molar-refractivity contribution in [1.29, 1.82) is 5.26 Å². The number of imidazole rings is 1. The molecule has 0 spiro atoms. The van der Waals surface area contributed by atoms with Crippen LogP contribution in [0.3, 0.4) is 0 Å². The lowest BCUT2D eigenvalue weighted by atomic mass is 9.96. The molecule has 1 aliphatic heterocycles. The molecule has 0 amide bonds. The number of nitriles is 1. The first-order valence-electron chi connectivity index (χ1n) is 6.51. The number of aromatic nitrogens is 2. The average Bonchev–Trinajstić information content (AvgIpc) is 2.80. The maximum Gasteiger partial charge on any atom is 0.169 e. The lowest BCUT2D eigenvalue weighted by Gasteiger charge is -2.34. The molecule has 0 radical (unpaired) electrons. The first kappa shape index (κ1) is 12.0. The number of pyridine rings is 1. The summed E-state index contributed by atoms with van der Waals surface area (Å²) in [7, 11) is 0. The number of hydrogen-bond donors (Lipinski definition) is 1. The average molecular weight is 256 g/mol. The number of aliphatic hydroxyl groups is 1. The monoisotopic (exact) mass is 256 g/mol. The number of β-amino-alcohol motifs (C(OH)–C–C–N with tert-alkyl or cyclic N) is 1. The number of nitrogens with zero attached hydrogens (tertiary/aromatic N) is 4. The van der Waals surface area contributed by atoms with Crippen LogP contribution in [0.1, 0.15) is 19.0 Å². The van der Waals surface area contributed by atoms with Crippen molar-refractivity contribution in [3.8, 4) is 6.07 Å². The van der Waals surface area contributed by atoms with Crippen LogP contribution in [0.2, 0.25) is 0 Å². The third kappa shape index (κ3) is 1.94. The molecule has 1 fully saturated rings. The molecular formula is C14H16N4O. The summed E-state index contributed by atoms with van der Waals surface area (Å²) in [5.74, 6) is 0.985. The molecule has 2 atom stereocenters. The van der Waals surface area contributed by atoms with Crippen LogP contribution >= 0.6 is 0 Å². The summed E-state index contributed by atoms with van der Waals surface area (Å²) in [5.41, 5.74) is 1.31. The minimum atomic E-state index is -0.356. The van der Waals surface area contributed by atoms with Crippen molar-refractivity contribution < 1.29 is 5.11 Å². The van der Waals surface area contributed by atoms with Crippen LogP contribution in [0.25, 0.3) is 5.65 Å². The number of piperidine rings is 1. The topological polar surface area (TPSA) is 64.6 Å². The second kappa shape index (κ2) is 4.56. The Balaban J connectivity index is 2.03. The van der Waals surface area contributed by atoms with Gasteiger partial charge in [0.25, 0.3) is 0 Å². The molecule has 98 valence electrons. The van der Waals surface area contributed by atoms with Crippen LogP contribution in [-0.4, -0.2) is 33.7 Å². The highest BCUT2D eigenvalue weighted by atomic mass is 16.3. The molecule has 0 aliphatic carbocycles. The van der Waals surface area contributed by atoms with Crippen molar-refractivity contribution in [2.45, 2.75) is 19.4 Å². The first-order chi connectivity index (χ1) is 9.20. The lowest BCUT2D eigenvalue weighted by molar-refractivity contribution is 0.102. The maximum atomic E-state index is 9.99. The summed E-state index contributed by atoms with van der Waals surface area (Å²) in [4.78, 5) is 6.53. The van der Waals surface area contributed by atoms with Crippen LogP contribution in [0, 0.1) is 17.2 Å². The summed E-state index contributed by atoms with van der Waals surface area (Å²) >= 11 is 0. The summed E-state index contributed by atoms with van der Waals surface area (Å²) in [6, 6.07) is 7.89. The molecule has 2 unspecified atom stereocenters. The van der Waals surface area contributed by atoms with E-state index in [-0.39, 0.29) is 6.10 Å². The Hall–Kier alpha value is -2.06. The van der Waals surface area contributed by atoms with E-state index in [1.165, 1.54) is 0 Å². The fourth-order valence-corrected chi connectivity index (χ4v) is 2.55.